The van der Waals surface area contributed by atoms with Crippen LogP contribution >= 0.6 is 0 Å². The largest absolute Gasteiger partial charge is 0.388 e. The van der Waals surface area contributed by atoms with Crippen LogP contribution < -0.4 is 10.6 Å². The minimum atomic E-state index is -0.784. The number of aromatic nitrogens is 2. The Morgan fingerprint density at radius 1 is 1.38 bits per heavy atom. The normalized spacial score (nSPS) is 24.9. The zero-order valence-corrected chi connectivity index (χ0v) is 12.1. The van der Waals surface area contributed by atoms with E-state index in [0.717, 1.165) is 51.5 Å². The van der Waals surface area contributed by atoms with Gasteiger partial charge >= 0.3 is 0 Å². The summed E-state index contributed by atoms with van der Waals surface area (Å²) in [7, 11) is 0. The zero-order valence-electron chi connectivity index (χ0n) is 12.1. The molecule has 116 valence electrons. The molecule has 2 heterocycles. The molecule has 3 N–H and O–H groups in total. The molecule has 1 atom stereocenters. The molecule has 0 spiro atoms. The number of carbonyl (C=O) groups is 1. The minimum Gasteiger partial charge on any atom is -0.388 e. The Hall–Kier alpha value is -1.47. The van der Waals surface area contributed by atoms with E-state index in [1.54, 1.807) is 0 Å². The summed E-state index contributed by atoms with van der Waals surface area (Å²) >= 11 is 0. The van der Waals surface area contributed by atoms with Crippen LogP contribution in [0.4, 0.5) is 0 Å². The second-order valence-corrected chi connectivity index (χ2v) is 6.07. The Morgan fingerprint density at radius 2 is 2.19 bits per heavy atom. The molecule has 2 aliphatic rings. The van der Waals surface area contributed by atoms with Crippen LogP contribution in [0.15, 0.2) is 4.52 Å². The summed E-state index contributed by atoms with van der Waals surface area (Å²) in [6.45, 7) is 1.18. The summed E-state index contributed by atoms with van der Waals surface area (Å²) < 4.78 is 5.14. The summed E-state index contributed by atoms with van der Waals surface area (Å²) in [6.07, 6.45) is 6.65. The van der Waals surface area contributed by atoms with Crippen molar-refractivity contribution in [3.8, 4) is 0 Å². The first-order chi connectivity index (χ1) is 10.2. The topological polar surface area (TPSA) is 100 Å². The first-order valence-corrected chi connectivity index (χ1v) is 7.74. The molecule has 3 rings (SSSR count). The molecule has 2 fully saturated rings. The number of amides is 1. The van der Waals surface area contributed by atoms with Gasteiger partial charge in [-0.15, -0.1) is 0 Å². The standard InChI is InChI=1S/C14H22N4O3/c19-12(16-9-14(20)6-2-1-3-7-14)11-17-13(21-18-11)10-5-4-8-15-10/h10,15,20H,1-9H2,(H,16,19). The molecule has 21 heavy (non-hydrogen) atoms. The van der Waals surface area contributed by atoms with Gasteiger partial charge in [-0.2, -0.15) is 4.98 Å². The van der Waals surface area contributed by atoms with E-state index in [1.165, 1.54) is 0 Å². The van der Waals surface area contributed by atoms with Crippen LogP contribution in [0.1, 0.15) is 67.5 Å². The first-order valence-electron chi connectivity index (χ1n) is 7.74. The Labute approximate surface area is 123 Å². The molecule has 1 aliphatic heterocycles. The molecule has 1 unspecified atom stereocenters. The number of hydrogen-bond acceptors (Lipinski definition) is 6. The van der Waals surface area contributed by atoms with Crippen LogP contribution in [0.5, 0.6) is 0 Å². The van der Waals surface area contributed by atoms with Crippen molar-refractivity contribution in [3.63, 3.8) is 0 Å². The Bertz CT molecular complexity index is 490. The van der Waals surface area contributed by atoms with Gasteiger partial charge in [-0.3, -0.25) is 4.79 Å². The second kappa shape index (κ2) is 6.11. The van der Waals surface area contributed by atoms with Crippen LogP contribution in [0.3, 0.4) is 0 Å². The number of rotatable bonds is 4. The third-order valence-electron chi connectivity index (χ3n) is 4.37. The van der Waals surface area contributed by atoms with Gasteiger partial charge in [-0.1, -0.05) is 24.4 Å². The van der Waals surface area contributed by atoms with Gasteiger partial charge in [0.05, 0.1) is 11.6 Å². The quantitative estimate of drug-likeness (QED) is 0.763. The van der Waals surface area contributed by atoms with E-state index in [2.05, 4.69) is 20.8 Å². The number of hydrogen-bond donors (Lipinski definition) is 3. The summed E-state index contributed by atoms with van der Waals surface area (Å²) in [5.41, 5.74) is -0.784. The Balaban J connectivity index is 1.55. The van der Waals surface area contributed by atoms with Gasteiger partial charge < -0.3 is 20.3 Å². The summed E-state index contributed by atoms with van der Waals surface area (Å²) in [4.78, 5) is 16.2. The second-order valence-electron chi connectivity index (χ2n) is 6.07. The molecule has 7 nitrogen and oxygen atoms in total. The van der Waals surface area contributed by atoms with Crippen LogP contribution in [-0.4, -0.2) is 39.8 Å². The molecule has 0 radical (unpaired) electrons. The number of nitrogens with one attached hydrogen (secondary N) is 2. The fourth-order valence-electron chi connectivity index (χ4n) is 3.07. The van der Waals surface area contributed by atoms with E-state index in [1.807, 2.05) is 0 Å². The zero-order chi connectivity index (χ0) is 14.7. The third-order valence-corrected chi connectivity index (χ3v) is 4.37. The van der Waals surface area contributed by atoms with Gasteiger partial charge in [-0.05, 0) is 32.2 Å². The first kappa shape index (κ1) is 14.5. The average Bonchev–Trinajstić information content (AvgIpc) is 3.16. The molecular weight excluding hydrogens is 272 g/mol. The molecule has 1 amide bonds. The smallest absolute Gasteiger partial charge is 0.292 e. The van der Waals surface area contributed by atoms with E-state index in [-0.39, 0.29) is 24.3 Å². The molecule has 0 bridgehead atoms. The average molecular weight is 294 g/mol. The maximum atomic E-state index is 12.0. The predicted octanol–water partition coefficient (Wildman–Crippen LogP) is 0.919. The van der Waals surface area contributed by atoms with Gasteiger partial charge in [0.15, 0.2) is 0 Å². The molecule has 1 aromatic rings. The van der Waals surface area contributed by atoms with Crippen molar-refractivity contribution >= 4 is 5.91 Å². The fraction of sp³-hybridized carbons (Fsp3) is 0.786. The van der Waals surface area contributed by atoms with Crippen molar-refractivity contribution in [2.45, 2.75) is 56.6 Å². The number of aliphatic hydroxyl groups is 1. The summed E-state index contributed by atoms with van der Waals surface area (Å²) in [5.74, 6) is 0.120. The highest BCUT2D eigenvalue weighted by Crippen LogP contribution is 2.27. The van der Waals surface area contributed by atoms with Crippen molar-refractivity contribution in [2.24, 2.45) is 0 Å². The predicted molar refractivity (Wildman–Crippen MR) is 74.6 cm³/mol. The monoisotopic (exact) mass is 294 g/mol. The summed E-state index contributed by atoms with van der Waals surface area (Å²) in [6, 6.07) is 0.0570. The van der Waals surface area contributed by atoms with Gasteiger partial charge in [0.1, 0.15) is 0 Å². The Kier molecular flexibility index (Phi) is 4.21. The molecule has 1 aliphatic carbocycles. The molecule has 1 saturated heterocycles. The van der Waals surface area contributed by atoms with E-state index in [0.29, 0.717) is 5.89 Å². The summed E-state index contributed by atoms with van der Waals surface area (Å²) in [5, 5.41) is 20.0. The molecule has 1 saturated carbocycles. The van der Waals surface area contributed by atoms with Crippen LogP contribution in [0, 0.1) is 0 Å². The fourth-order valence-corrected chi connectivity index (χ4v) is 3.07. The molecule has 0 aromatic carbocycles. The Morgan fingerprint density at radius 3 is 2.90 bits per heavy atom. The van der Waals surface area contributed by atoms with Gasteiger partial charge in [0, 0.05) is 6.54 Å². The van der Waals surface area contributed by atoms with Crippen molar-refractivity contribution in [1.29, 1.82) is 0 Å². The van der Waals surface area contributed by atoms with Crippen molar-refractivity contribution in [1.82, 2.24) is 20.8 Å². The SMILES string of the molecule is O=C(NCC1(O)CCCCC1)c1noc(C2CCCN2)n1. The van der Waals surface area contributed by atoms with E-state index in [4.69, 9.17) is 4.52 Å². The van der Waals surface area contributed by atoms with Crippen molar-refractivity contribution < 1.29 is 14.4 Å². The van der Waals surface area contributed by atoms with Gasteiger partial charge in [0.25, 0.3) is 11.7 Å². The minimum absolute atomic E-state index is 0.0399. The molecule has 1 aromatic heterocycles. The third kappa shape index (κ3) is 3.41. The number of nitrogens with zero attached hydrogens (tertiary/aromatic N) is 2. The van der Waals surface area contributed by atoms with Gasteiger partial charge in [0.2, 0.25) is 5.89 Å². The van der Waals surface area contributed by atoms with E-state index in [9.17, 15) is 9.90 Å². The van der Waals surface area contributed by atoms with E-state index < -0.39 is 5.60 Å². The molecular formula is C14H22N4O3. The lowest BCUT2D eigenvalue weighted by atomic mass is 9.85. The maximum absolute atomic E-state index is 12.0. The van der Waals surface area contributed by atoms with Crippen molar-refractivity contribution in [2.75, 3.05) is 13.1 Å². The van der Waals surface area contributed by atoms with Crippen LogP contribution in [0.25, 0.3) is 0 Å². The molecule has 7 heteroatoms. The van der Waals surface area contributed by atoms with Gasteiger partial charge in [-0.25, -0.2) is 0 Å². The highest BCUT2D eigenvalue weighted by Gasteiger charge is 2.30. The van der Waals surface area contributed by atoms with E-state index >= 15 is 0 Å². The lowest BCUT2D eigenvalue weighted by Crippen LogP contribution is -2.44. The van der Waals surface area contributed by atoms with Crippen LogP contribution in [0.2, 0.25) is 0 Å². The lowest BCUT2D eigenvalue weighted by molar-refractivity contribution is 0.00513. The van der Waals surface area contributed by atoms with Crippen LogP contribution in [-0.2, 0) is 0 Å². The highest BCUT2D eigenvalue weighted by molar-refractivity contribution is 5.90. The lowest BCUT2D eigenvalue weighted by Gasteiger charge is -2.31. The van der Waals surface area contributed by atoms with Crippen molar-refractivity contribution in [3.05, 3.63) is 11.7 Å². The highest BCUT2D eigenvalue weighted by atomic mass is 16.5. The number of carbonyl (C=O) groups excluding carboxylic acids is 1. The maximum Gasteiger partial charge on any atom is 0.292 e.